The van der Waals surface area contributed by atoms with Crippen molar-refractivity contribution in [3.63, 3.8) is 0 Å². The number of amides is 3. The van der Waals surface area contributed by atoms with Gasteiger partial charge < -0.3 is 20.3 Å². The highest BCUT2D eigenvalue weighted by molar-refractivity contribution is 6.31. The largest absolute Gasteiger partial charge is 0.455 e. The van der Waals surface area contributed by atoms with E-state index in [9.17, 15) is 18.8 Å². The first-order chi connectivity index (χ1) is 16.2. The van der Waals surface area contributed by atoms with Gasteiger partial charge in [-0.2, -0.15) is 4.99 Å². The minimum atomic E-state index is -1.05. The van der Waals surface area contributed by atoms with Gasteiger partial charge in [-0.05, 0) is 29.2 Å². The van der Waals surface area contributed by atoms with E-state index in [-0.39, 0.29) is 53.8 Å². The van der Waals surface area contributed by atoms with Crippen molar-refractivity contribution in [3.8, 4) is 0 Å². The molecule has 3 amide bonds. The van der Waals surface area contributed by atoms with Crippen LogP contribution in [0.4, 0.5) is 10.1 Å². The van der Waals surface area contributed by atoms with Crippen LogP contribution >= 0.6 is 11.6 Å². The minimum Gasteiger partial charge on any atom is -0.455 e. The number of hydrogen-bond donors (Lipinski definition) is 2. The van der Waals surface area contributed by atoms with Crippen LogP contribution in [0, 0.1) is 5.82 Å². The van der Waals surface area contributed by atoms with Crippen LogP contribution < -0.4 is 10.6 Å². The third-order valence-corrected chi connectivity index (χ3v) is 6.34. The smallest absolute Gasteiger partial charge is 0.295 e. The molecular formula is C24H24ClFN4O4. The summed E-state index contributed by atoms with van der Waals surface area (Å²) in [5.74, 6) is -1.95. The maximum Gasteiger partial charge on any atom is 0.295 e. The summed E-state index contributed by atoms with van der Waals surface area (Å²) in [6.07, 6.45) is 0. The zero-order valence-electron chi connectivity index (χ0n) is 18.9. The highest BCUT2D eigenvalue weighted by Crippen LogP contribution is 2.41. The van der Waals surface area contributed by atoms with Crippen molar-refractivity contribution in [1.82, 2.24) is 10.2 Å². The molecule has 178 valence electrons. The quantitative estimate of drug-likeness (QED) is 0.676. The van der Waals surface area contributed by atoms with Crippen molar-refractivity contribution in [2.24, 2.45) is 4.99 Å². The third kappa shape index (κ3) is 4.11. The Labute approximate surface area is 201 Å². The zero-order valence-corrected chi connectivity index (χ0v) is 19.7. The highest BCUT2D eigenvalue weighted by Gasteiger charge is 2.54. The topological polar surface area (TPSA) is 100 Å². The van der Waals surface area contributed by atoms with E-state index in [4.69, 9.17) is 16.3 Å². The Morgan fingerprint density at radius 3 is 2.56 bits per heavy atom. The number of aliphatic imine (C=N–C) groups is 1. The summed E-state index contributed by atoms with van der Waals surface area (Å²) < 4.78 is 19.6. The second kappa shape index (κ2) is 9.06. The molecule has 1 saturated heterocycles. The SMILES string of the molecule is CNC(=O)c1cc(Cl)c(F)cc1NC(=O)C1(c2ccccc2C(C)C)CN(C2=NC(=O)CO2)C1. The van der Waals surface area contributed by atoms with Crippen LogP contribution in [0.1, 0.15) is 41.3 Å². The number of nitrogens with zero attached hydrogens (tertiary/aromatic N) is 2. The number of carbonyl (C=O) groups excluding carboxylic acids is 3. The maximum atomic E-state index is 14.3. The predicted octanol–water partition coefficient (Wildman–Crippen LogP) is 3.07. The van der Waals surface area contributed by atoms with Crippen molar-refractivity contribution >= 4 is 41.0 Å². The third-order valence-electron chi connectivity index (χ3n) is 6.05. The lowest BCUT2D eigenvalue weighted by atomic mass is 9.69. The number of anilines is 1. The van der Waals surface area contributed by atoms with E-state index in [1.165, 1.54) is 13.1 Å². The van der Waals surface area contributed by atoms with E-state index in [0.717, 1.165) is 17.2 Å². The molecule has 0 unspecified atom stereocenters. The first kappa shape index (κ1) is 23.7. The molecule has 8 nitrogen and oxygen atoms in total. The number of rotatable bonds is 5. The average Bonchev–Trinajstić information content (AvgIpc) is 3.21. The summed E-state index contributed by atoms with van der Waals surface area (Å²) in [5.41, 5.74) is 0.792. The Balaban J connectivity index is 1.74. The molecule has 34 heavy (non-hydrogen) atoms. The van der Waals surface area contributed by atoms with Crippen LogP contribution in [-0.2, 0) is 19.7 Å². The molecule has 2 heterocycles. The van der Waals surface area contributed by atoms with Crippen LogP contribution in [0.15, 0.2) is 41.4 Å². The standard InChI is InChI=1S/C24H24ClFN4O4/c1-13(2)14-6-4-5-7-16(14)24(11-30(12-24)23-29-20(31)10-34-23)22(33)28-19-9-18(26)17(25)8-15(19)21(32)27-3/h4-9,13H,10-12H2,1-3H3,(H,27,32)(H,28,33). The predicted molar refractivity (Wildman–Crippen MR) is 126 cm³/mol. The molecular weight excluding hydrogens is 463 g/mol. The van der Waals surface area contributed by atoms with Gasteiger partial charge in [0, 0.05) is 20.1 Å². The molecule has 0 radical (unpaired) electrons. The normalized spacial score (nSPS) is 16.6. The van der Waals surface area contributed by atoms with Crippen molar-refractivity contribution < 1.29 is 23.5 Å². The van der Waals surface area contributed by atoms with Gasteiger partial charge in [0.2, 0.25) is 5.91 Å². The average molecular weight is 487 g/mol. The number of hydrogen-bond acceptors (Lipinski definition) is 5. The first-order valence-corrected chi connectivity index (χ1v) is 11.2. The fourth-order valence-corrected chi connectivity index (χ4v) is 4.45. The van der Waals surface area contributed by atoms with Gasteiger partial charge in [0.25, 0.3) is 17.8 Å². The van der Waals surface area contributed by atoms with Gasteiger partial charge in [0.05, 0.1) is 16.3 Å². The number of carbonyl (C=O) groups is 3. The van der Waals surface area contributed by atoms with E-state index in [1.54, 1.807) is 4.90 Å². The second-order valence-corrected chi connectivity index (χ2v) is 9.01. The summed E-state index contributed by atoms with van der Waals surface area (Å²) in [5, 5.41) is 4.99. The molecule has 0 atom stereocenters. The molecule has 2 aliphatic heterocycles. The molecule has 2 aromatic rings. The van der Waals surface area contributed by atoms with Gasteiger partial charge in [-0.25, -0.2) is 4.39 Å². The van der Waals surface area contributed by atoms with Crippen LogP contribution in [-0.4, -0.2) is 55.4 Å². The molecule has 0 spiro atoms. The van der Waals surface area contributed by atoms with Gasteiger partial charge in [-0.3, -0.25) is 14.4 Å². The molecule has 10 heteroatoms. The van der Waals surface area contributed by atoms with Gasteiger partial charge >= 0.3 is 0 Å². The molecule has 2 aliphatic rings. The van der Waals surface area contributed by atoms with Crippen LogP contribution in [0.2, 0.25) is 5.02 Å². The number of likely N-dealkylation sites (tertiary alicyclic amines) is 1. The Kier molecular flexibility index (Phi) is 6.31. The molecule has 0 bridgehead atoms. The van der Waals surface area contributed by atoms with E-state index in [1.807, 2.05) is 38.1 Å². The Bertz CT molecular complexity index is 1210. The van der Waals surface area contributed by atoms with Crippen molar-refractivity contribution in [1.29, 1.82) is 0 Å². The lowest BCUT2D eigenvalue weighted by molar-refractivity contribution is -0.126. The fourth-order valence-electron chi connectivity index (χ4n) is 4.29. The fraction of sp³-hybridized carbons (Fsp3) is 0.333. The number of nitrogens with one attached hydrogen (secondary N) is 2. The number of halogens is 2. The van der Waals surface area contributed by atoms with E-state index < -0.39 is 23.0 Å². The van der Waals surface area contributed by atoms with Crippen molar-refractivity contribution in [2.45, 2.75) is 25.2 Å². The Hall–Kier alpha value is -3.46. The Morgan fingerprint density at radius 1 is 1.24 bits per heavy atom. The number of benzene rings is 2. The number of amidine groups is 1. The molecule has 2 N–H and O–H groups in total. The lowest BCUT2D eigenvalue weighted by Gasteiger charge is -2.50. The molecule has 1 fully saturated rings. The second-order valence-electron chi connectivity index (χ2n) is 8.60. The summed E-state index contributed by atoms with van der Waals surface area (Å²) in [7, 11) is 1.43. The monoisotopic (exact) mass is 486 g/mol. The lowest BCUT2D eigenvalue weighted by Crippen LogP contribution is -2.66. The first-order valence-electron chi connectivity index (χ1n) is 10.8. The van der Waals surface area contributed by atoms with Gasteiger partial charge in [-0.1, -0.05) is 49.7 Å². The van der Waals surface area contributed by atoms with Gasteiger partial charge in [0.1, 0.15) is 11.2 Å². The summed E-state index contributed by atoms with van der Waals surface area (Å²) in [6, 6.07) is 10.00. The van der Waals surface area contributed by atoms with Crippen molar-refractivity contribution in [3.05, 3.63) is 63.9 Å². The summed E-state index contributed by atoms with van der Waals surface area (Å²) in [6.45, 7) is 4.32. The van der Waals surface area contributed by atoms with Gasteiger partial charge in [0.15, 0.2) is 6.61 Å². The highest BCUT2D eigenvalue weighted by atomic mass is 35.5. The minimum absolute atomic E-state index is 0.00994. The molecule has 0 aliphatic carbocycles. The number of ether oxygens (including phenoxy) is 1. The molecule has 0 aromatic heterocycles. The van der Waals surface area contributed by atoms with E-state index >= 15 is 0 Å². The maximum absolute atomic E-state index is 14.3. The van der Waals surface area contributed by atoms with Crippen LogP contribution in [0.3, 0.4) is 0 Å². The molecule has 4 rings (SSSR count). The zero-order chi connectivity index (χ0) is 24.6. The van der Waals surface area contributed by atoms with Crippen LogP contribution in [0.25, 0.3) is 0 Å². The Morgan fingerprint density at radius 2 is 1.94 bits per heavy atom. The van der Waals surface area contributed by atoms with E-state index in [2.05, 4.69) is 15.6 Å². The van der Waals surface area contributed by atoms with E-state index in [0.29, 0.717) is 0 Å². The molecule has 0 saturated carbocycles. The molecule has 2 aromatic carbocycles. The summed E-state index contributed by atoms with van der Waals surface area (Å²) in [4.78, 5) is 43.3. The van der Waals surface area contributed by atoms with Crippen molar-refractivity contribution in [2.75, 3.05) is 32.1 Å². The van der Waals surface area contributed by atoms with Gasteiger partial charge in [-0.15, -0.1) is 0 Å². The summed E-state index contributed by atoms with van der Waals surface area (Å²) >= 11 is 5.88. The van der Waals surface area contributed by atoms with Crippen LogP contribution in [0.5, 0.6) is 0 Å².